The predicted octanol–water partition coefficient (Wildman–Crippen LogP) is 5.08. The molecule has 1 N–H and O–H groups in total. The fourth-order valence-electron chi connectivity index (χ4n) is 2.44. The fourth-order valence-corrected chi connectivity index (χ4v) is 4.48. The van der Waals surface area contributed by atoms with E-state index in [-0.39, 0.29) is 0 Å². The number of rotatable bonds is 4. The quantitative estimate of drug-likeness (QED) is 0.771. The molecule has 18 heavy (non-hydrogen) atoms. The summed E-state index contributed by atoms with van der Waals surface area (Å²) in [6.07, 6.45) is 10.8. The van der Waals surface area contributed by atoms with Gasteiger partial charge in [-0.25, -0.2) is 4.98 Å². The molecule has 2 nitrogen and oxygen atoms in total. The van der Waals surface area contributed by atoms with Crippen LogP contribution in [-0.2, 0) is 0 Å². The van der Waals surface area contributed by atoms with Crippen molar-refractivity contribution < 1.29 is 0 Å². The molecule has 0 aliphatic heterocycles. The molecule has 0 bridgehead atoms. The number of halogens is 2. The van der Waals surface area contributed by atoms with Crippen molar-refractivity contribution in [2.24, 2.45) is 0 Å². The maximum absolute atomic E-state index is 4.41. The summed E-state index contributed by atoms with van der Waals surface area (Å²) >= 11 is 8.98. The van der Waals surface area contributed by atoms with Gasteiger partial charge in [0.25, 0.3) is 0 Å². The Balaban J connectivity index is 2.01. The van der Waals surface area contributed by atoms with Crippen molar-refractivity contribution in [3.8, 4) is 0 Å². The molecule has 0 aromatic carbocycles. The molecule has 0 unspecified atom stereocenters. The van der Waals surface area contributed by atoms with Crippen LogP contribution in [0.2, 0.25) is 0 Å². The van der Waals surface area contributed by atoms with Gasteiger partial charge in [0, 0.05) is 22.0 Å². The maximum Gasteiger partial charge on any atom is 0.140 e. The molecule has 1 aromatic heterocycles. The summed E-state index contributed by atoms with van der Waals surface area (Å²) in [6.45, 7) is 1.00. The van der Waals surface area contributed by atoms with Crippen LogP contribution in [0.1, 0.15) is 32.1 Å². The van der Waals surface area contributed by atoms with Gasteiger partial charge in [-0.2, -0.15) is 11.8 Å². The van der Waals surface area contributed by atoms with Crippen LogP contribution in [0.25, 0.3) is 0 Å². The van der Waals surface area contributed by atoms with E-state index >= 15 is 0 Å². The minimum atomic E-state index is 0.395. The molecule has 1 fully saturated rings. The van der Waals surface area contributed by atoms with Gasteiger partial charge in [0.2, 0.25) is 0 Å². The molecule has 0 spiro atoms. The molecule has 1 aromatic rings. The van der Waals surface area contributed by atoms with Crippen molar-refractivity contribution >= 4 is 49.4 Å². The van der Waals surface area contributed by atoms with Crippen molar-refractivity contribution in [3.05, 3.63) is 21.2 Å². The summed E-state index contributed by atoms with van der Waals surface area (Å²) in [6, 6.07) is 2.03. The van der Waals surface area contributed by atoms with Crippen molar-refractivity contribution in [2.75, 3.05) is 18.1 Å². The van der Waals surface area contributed by atoms with E-state index in [1.165, 1.54) is 32.1 Å². The second-order valence-corrected chi connectivity index (χ2v) is 7.83. The third-order valence-corrected chi connectivity index (χ3v) is 6.04. The number of nitrogens with zero attached hydrogens (tertiary/aromatic N) is 1. The van der Waals surface area contributed by atoms with Crippen LogP contribution in [0.3, 0.4) is 0 Å². The molecule has 1 saturated carbocycles. The first kappa shape index (κ1) is 14.7. The highest BCUT2D eigenvalue weighted by Gasteiger charge is 2.31. The van der Waals surface area contributed by atoms with Gasteiger partial charge in [-0.3, -0.25) is 0 Å². The molecule has 0 atom stereocenters. The van der Waals surface area contributed by atoms with E-state index in [4.69, 9.17) is 0 Å². The van der Waals surface area contributed by atoms with Gasteiger partial charge in [-0.15, -0.1) is 0 Å². The first-order valence-corrected chi connectivity index (χ1v) is 9.06. The lowest BCUT2D eigenvalue weighted by Gasteiger charge is -2.36. The minimum absolute atomic E-state index is 0.395. The highest BCUT2D eigenvalue weighted by Crippen LogP contribution is 2.39. The number of nitrogens with one attached hydrogen (secondary N) is 1. The van der Waals surface area contributed by atoms with Crippen LogP contribution in [0, 0.1) is 0 Å². The van der Waals surface area contributed by atoms with Crippen LogP contribution >= 0.6 is 43.6 Å². The van der Waals surface area contributed by atoms with E-state index in [0.717, 1.165) is 21.3 Å². The third-order valence-electron chi connectivity index (χ3n) is 3.58. The molecular weight excluding hydrogens is 376 g/mol. The Morgan fingerprint density at radius 1 is 1.33 bits per heavy atom. The van der Waals surface area contributed by atoms with E-state index in [1.807, 2.05) is 24.0 Å². The lowest BCUT2D eigenvalue weighted by atomic mass is 9.88. The average molecular weight is 394 g/mol. The van der Waals surface area contributed by atoms with Gasteiger partial charge in [-0.05, 0) is 57.0 Å². The monoisotopic (exact) mass is 392 g/mol. The van der Waals surface area contributed by atoms with E-state index < -0.39 is 0 Å². The van der Waals surface area contributed by atoms with Crippen molar-refractivity contribution in [2.45, 2.75) is 36.9 Å². The first-order valence-electron chi connectivity index (χ1n) is 6.25. The maximum atomic E-state index is 4.41. The van der Waals surface area contributed by atoms with E-state index in [9.17, 15) is 0 Å². The molecule has 5 heteroatoms. The standard InChI is InChI=1S/C13H18Br2N2S/c1-18-13(5-3-2-4-6-13)9-17-12-11(15)7-10(14)8-16-12/h7-8H,2-6,9H2,1H3,(H,16,17). The predicted molar refractivity (Wildman–Crippen MR) is 87.5 cm³/mol. The molecule has 100 valence electrons. The summed E-state index contributed by atoms with van der Waals surface area (Å²) in [5.74, 6) is 0.942. The number of thioether (sulfide) groups is 1. The van der Waals surface area contributed by atoms with Gasteiger partial charge < -0.3 is 5.32 Å². The molecular formula is C13H18Br2N2S. The summed E-state index contributed by atoms with van der Waals surface area (Å²) in [5, 5.41) is 3.50. The second kappa shape index (κ2) is 6.62. The molecule has 0 amide bonds. The molecule has 1 aliphatic rings. The number of aromatic nitrogens is 1. The fraction of sp³-hybridized carbons (Fsp3) is 0.615. The Hall–Kier alpha value is 0.260. The number of anilines is 1. The average Bonchev–Trinajstić information content (AvgIpc) is 2.39. The van der Waals surface area contributed by atoms with Crippen LogP contribution in [0.15, 0.2) is 21.2 Å². The van der Waals surface area contributed by atoms with E-state index in [2.05, 4.69) is 48.4 Å². The van der Waals surface area contributed by atoms with Crippen molar-refractivity contribution in [1.82, 2.24) is 4.98 Å². The van der Waals surface area contributed by atoms with Crippen LogP contribution in [-0.4, -0.2) is 22.5 Å². The summed E-state index contributed by atoms with van der Waals surface area (Å²) < 4.78 is 2.41. The zero-order valence-electron chi connectivity index (χ0n) is 10.5. The zero-order valence-corrected chi connectivity index (χ0v) is 14.5. The van der Waals surface area contributed by atoms with Gasteiger partial charge in [0.15, 0.2) is 0 Å². The minimum Gasteiger partial charge on any atom is -0.368 e. The molecule has 1 aliphatic carbocycles. The number of hydrogen-bond acceptors (Lipinski definition) is 3. The van der Waals surface area contributed by atoms with Gasteiger partial charge in [0.05, 0.1) is 4.47 Å². The van der Waals surface area contributed by atoms with E-state index in [0.29, 0.717) is 4.75 Å². The smallest absolute Gasteiger partial charge is 0.140 e. The second-order valence-electron chi connectivity index (χ2n) is 4.79. The van der Waals surface area contributed by atoms with E-state index in [1.54, 1.807) is 0 Å². The van der Waals surface area contributed by atoms with Crippen LogP contribution in [0.4, 0.5) is 5.82 Å². The van der Waals surface area contributed by atoms with Gasteiger partial charge in [0.1, 0.15) is 5.82 Å². The summed E-state index contributed by atoms with van der Waals surface area (Å²) in [7, 11) is 0. The highest BCUT2D eigenvalue weighted by molar-refractivity contribution is 9.11. The Morgan fingerprint density at radius 3 is 2.67 bits per heavy atom. The Bertz CT molecular complexity index is 406. The lowest BCUT2D eigenvalue weighted by Crippen LogP contribution is -2.35. The highest BCUT2D eigenvalue weighted by atomic mass is 79.9. The van der Waals surface area contributed by atoms with Crippen LogP contribution in [0.5, 0.6) is 0 Å². The molecule has 0 radical (unpaired) electrons. The van der Waals surface area contributed by atoms with Crippen molar-refractivity contribution in [3.63, 3.8) is 0 Å². The third kappa shape index (κ3) is 3.64. The Morgan fingerprint density at radius 2 is 2.06 bits per heavy atom. The first-order chi connectivity index (χ1) is 8.65. The number of pyridine rings is 1. The Labute approximate surface area is 130 Å². The van der Waals surface area contributed by atoms with Crippen molar-refractivity contribution in [1.29, 1.82) is 0 Å². The summed E-state index contributed by atoms with van der Waals surface area (Å²) in [4.78, 5) is 4.41. The SMILES string of the molecule is CSC1(CNc2ncc(Br)cc2Br)CCCCC1. The van der Waals surface area contributed by atoms with Gasteiger partial charge in [-0.1, -0.05) is 19.3 Å². The molecule has 0 saturated heterocycles. The zero-order chi connectivity index (χ0) is 13.0. The normalized spacial score (nSPS) is 18.6. The molecule has 1 heterocycles. The topological polar surface area (TPSA) is 24.9 Å². The van der Waals surface area contributed by atoms with Gasteiger partial charge >= 0.3 is 0 Å². The largest absolute Gasteiger partial charge is 0.368 e. The number of hydrogen-bond donors (Lipinski definition) is 1. The summed E-state index contributed by atoms with van der Waals surface area (Å²) in [5.41, 5.74) is 0. The Kier molecular flexibility index (Phi) is 5.39. The molecule has 2 rings (SSSR count). The lowest BCUT2D eigenvalue weighted by molar-refractivity contribution is 0.411. The van der Waals surface area contributed by atoms with Crippen LogP contribution < -0.4 is 5.32 Å².